The van der Waals surface area contributed by atoms with Gasteiger partial charge in [0.1, 0.15) is 20.0 Å². The molecule has 0 bridgehead atoms. The van der Waals surface area contributed by atoms with E-state index in [4.69, 9.17) is 19.3 Å². The normalized spacial score (nSPS) is 39.0. The van der Waals surface area contributed by atoms with Crippen LogP contribution in [0.4, 0.5) is 0 Å². The minimum atomic E-state index is -0.588. The van der Waals surface area contributed by atoms with Crippen molar-refractivity contribution in [2.45, 2.75) is 69.5 Å². The number of aliphatic hydroxyl groups is 1. The number of ketones is 2. The summed E-state index contributed by atoms with van der Waals surface area (Å²) >= 11 is 4.25. The summed E-state index contributed by atoms with van der Waals surface area (Å²) in [5.74, 6) is 0.473. The van der Waals surface area contributed by atoms with Crippen molar-refractivity contribution in [3.8, 4) is 0 Å². The molecule has 0 aromatic heterocycles. The summed E-state index contributed by atoms with van der Waals surface area (Å²) in [7, 11) is 0. The summed E-state index contributed by atoms with van der Waals surface area (Å²) in [6, 6.07) is 0. The molecule has 0 aliphatic heterocycles. The van der Waals surface area contributed by atoms with Crippen LogP contribution in [0.15, 0.2) is 11.6 Å². The maximum absolute atomic E-state index is 13.2. The van der Waals surface area contributed by atoms with Crippen molar-refractivity contribution >= 4 is 33.5 Å². The van der Waals surface area contributed by atoms with E-state index in [9.17, 15) is 14.4 Å². The largest absolute Gasteiger partial charge is 0.456 e. The van der Waals surface area contributed by atoms with E-state index in [0.29, 0.717) is 18.3 Å². The fourth-order valence-corrected chi connectivity index (χ4v) is 8.78. The molecule has 3 fully saturated rings. The van der Waals surface area contributed by atoms with E-state index < -0.39 is 5.97 Å². The van der Waals surface area contributed by atoms with E-state index in [2.05, 4.69) is 29.8 Å². The van der Waals surface area contributed by atoms with E-state index in [1.165, 1.54) is 5.57 Å². The van der Waals surface area contributed by atoms with E-state index in [1.54, 1.807) is 0 Å². The van der Waals surface area contributed by atoms with Crippen LogP contribution in [0.5, 0.6) is 0 Å². The number of rotatable bonds is 9. The molecule has 0 aromatic rings. The van der Waals surface area contributed by atoms with Crippen molar-refractivity contribution < 1.29 is 33.7 Å². The summed E-state index contributed by atoms with van der Waals surface area (Å²) < 4.78 is 15.1. The Labute approximate surface area is 210 Å². The number of aliphatic hydroxyl groups excluding tert-OH is 1. The van der Waals surface area contributed by atoms with E-state index in [-0.39, 0.29) is 65.9 Å². The van der Waals surface area contributed by atoms with Gasteiger partial charge >= 0.3 is 5.97 Å². The lowest BCUT2D eigenvalue weighted by Gasteiger charge is -2.63. The fourth-order valence-electron chi connectivity index (χ4n) is 7.58. The summed E-state index contributed by atoms with van der Waals surface area (Å²) in [5, 5.41) is 8.65. The molecule has 8 heteroatoms. The number of hydrogen-bond acceptors (Lipinski definition) is 7. The molecule has 4 aliphatic carbocycles. The van der Waals surface area contributed by atoms with Crippen LogP contribution in [0.2, 0.25) is 0 Å². The monoisotopic (exact) mass is 540 g/mol. The number of esters is 1. The molecule has 0 saturated heterocycles. The third-order valence-electron chi connectivity index (χ3n) is 9.45. The van der Waals surface area contributed by atoms with Crippen molar-refractivity contribution in [1.82, 2.24) is 0 Å². The zero-order valence-corrected chi connectivity index (χ0v) is 21.9. The molecule has 3 saturated carbocycles. The first kappa shape index (κ1) is 26.0. The Morgan fingerprint density at radius 3 is 2.62 bits per heavy atom. The van der Waals surface area contributed by atoms with Crippen molar-refractivity contribution in [3.63, 3.8) is 0 Å². The van der Waals surface area contributed by atoms with Gasteiger partial charge in [-0.1, -0.05) is 35.4 Å². The third-order valence-corrected chi connectivity index (χ3v) is 11.3. The first-order chi connectivity index (χ1) is 16.2. The minimum Gasteiger partial charge on any atom is -0.456 e. The highest BCUT2D eigenvalue weighted by Gasteiger charge is 2.65. The third kappa shape index (κ3) is 4.44. The van der Waals surface area contributed by atoms with Crippen molar-refractivity contribution in [3.05, 3.63) is 11.6 Å². The standard InChI is InChI=1S/C26H37BrO7/c1-24-9-10-26(27)20(4-3-17-13-18(29)7-8-25(17,26)2)19(24)5-6-21(24)22(30)14-34-23(31)15-33-16-32-12-11-28/h13,19-21,28H,3-12,14-16H2,1-2H3/t19-,20-,21+,24-,25-,26+/m0/s1. The number of hydrogen-bond donors (Lipinski definition) is 1. The summed E-state index contributed by atoms with van der Waals surface area (Å²) in [4.78, 5) is 37.2. The van der Waals surface area contributed by atoms with Gasteiger partial charge in [0.05, 0.1) is 13.2 Å². The maximum Gasteiger partial charge on any atom is 0.332 e. The molecule has 0 radical (unpaired) electrons. The van der Waals surface area contributed by atoms with Crippen LogP contribution in [0.25, 0.3) is 0 Å². The minimum absolute atomic E-state index is 0.00261. The SMILES string of the molecule is C[C@]12CC[C@@]3(Br)[C@@H](CCC4=CC(=O)CC[C@@]43C)[C@@H]1CC[C@@H]2C(=O)COC(=O)COCOCCO. The fraction of sp³-hybridized carbons (Fsp3) is 0.808. The molecule has 1 N–H and O–H groups in total. The van der Waals surface area contributed by atoms with Gasteiger partial charge in [-0.2, -0.15) is 0 Å². The number of halogens is 1. The van der Waals surface area contributed by atoms with Crippen molar-refractivity contribution in [2.24, 2.45) is 28.6 Å². The highest BCUT2D eigenvalue weighted by atomic mass is 79.9. The second kappa shape index (κ2) is 10.1. The first-order valence-electron chi connectivity index (χ1n) is 12.5. The van der Waals surface area contributed by atoms with Crippen molar-refractivity contribution in [2.75, 3.05) is 33.2 Å². The molecule has 7 nitrogen and oxygen atoms in total. The lowest BCUT2D eigenvalue weighted by molar-refractivity contribution is -0.159. The number of ether oxygens (including phenoxy) is 3. The molecule has 190 valence electrons. The van der Waals surface area contributed by atoms with Gasteiger partial charge in [0.25, 0.3) is 0 Å². The van der Waals surface area contributed by atoms with Gasteiger partial charge in [0, 0.05) is 22.1 Å². The van der Waals surface area contributed by atoms with Crippen LogP contribution < -0.4 is 0 Å². The topological polar surface area (TPSA) is 99.1 Å². The maximum atomic E-state index is 13.2. The Morgan fingerprint density at radius 1 is 1.06 bits per heavy atom. The number of alkyl halides is 1. The summed E-state index contributed by atoms with van der Waals surface area (Å²) in [5.41, 5.74) is 1.20. The lowest BCUT2D eigenvalue weighted by atomic mass is 9.46. The molecule has 0 unspecified atom stereocenters. The smallest absolute Gasteiger partial charge is 0.332 e. The van der Waals surface area contributed by atoms with Crippen LogP contribution in [0, 0.1) is 28.6 Å². The van der Waals surface area contributed by atoms with Crippen LogP contribution >= 0.6 is 15.9 Å². The van der Waals surface area contributed by atoms with Gasteiger partial charge in [0.15, 0.2) is 11.6 Å². The van der Waals surface area contributed by atoms with Gasteiger partial charge in [-0.3, -0.25) is 9.59 Å². The van der Waals surface area contributed by atoms with Gasteiger partial charge in [0.2, 0.25) is 0 Å². The number of fused-ring (bicyclic) bond motifs is 5. The highest BCUT2D eigenvalue weighted by Crippen LogP contribution is 2.70. The highest BCUT2D eigenvalue weighted by molar-refractivity contribution is 9.10. The lowest BCUT2D eigenvalue weighted by Crippen LogP contribution is -2.60. The number of carbonyl (C=O) groups excluding carboxylic acids is 3. The van der Waals surface area contributed by atoms with E-state index >= 15 is 0 Å². The summed E-state index contributed by atoms with van der Waals surface area (Å²) in [6.07, 6.45) is 9.22. The Morgan fingerprint density at radius 2 is 1.85 bits per heavy atom. The van der Waals surface area contributed by atoms with Crippen LogP contribution in [0.1, 0.15) is 65.2 Å². The Kier molecular flexibility index (Phi) is 7.73. The molecular weight excluding hydrogens is 504 g/mol. The quantitative estimate of drug-likeness (QED) is 0.206. The molecule has 4 rings (SSSR count). The predicted octanol–water partition coefficient (Wildman–Crippen LogP) is 3.75. The molecule has 4 aliphatic rings. The number of Topliss-reactive ketones (excluding diaryl/α,β-unsaturated/α-hetero) is 1. The molecule has 0 amide bonds. The van der Waals surface area contributed by atoms with Crippen molar-refractivity contribution in [1.29, 1.82) is 0 Å². The van der Waals surface area contributed by atoms with E-state index in [1.807, 2.05) is 6.08 Å². The van der Waals surface area contributed by atoms with Crippen LogP contribution in [0.3, 0.4) is 0 Å². The summed E-state index contributed by atoms with van der Waals surface area (Å²) in [6.45, 7) is 4.02. The molecule has 0 aromatic carbocycles. The second-order valence-corrected chi connectivity index (χ2v) is 12.4. The first-order valence-corrected chi connectivity index (χ1v) is 13.3. The Hall–Kier alpha value is -1.09. The Balaban J connectivity index is 1.38. The molecule has 6 atom stereocenters. The molecule has 34 heavy (non-hydrogen) atoms. The zero-order valence-electron chi connectivity index (χ0n) is 20.3. The predicted molar refractivity (Wildman–Crippen MR) is 128 cm³/mol. The van der Waals surface area contributed by atoms with Gasteiger partial charge in [-0.05, 0) is 68.3 Å². The van der Waals surface area contributed by atoms with Gasteiger partial charge < -0.3 is 19.3 Å². The average Bonchev–Trinajstić information content (AvgIpc) is 3.16. The van der Waals surface area contributed by atoms with Gasteiger partial charge in [-0.15, -0.1) is 0 Å². The van der Waals surface area contributed by atoms with E-state index in [0.717, 1.165) is 44.9 Å². The van der Waals surface area contributed by atoms with Gasteiger partial charge in [-0.25, -0.2) is 4.79 Å². The number of allylic oxidation sites excluding steroid dienone is 1. The zero-order chi connectivity index (χ0) is 24.6. The molecular formula is C26H37BrO7. The van der Waals surface area contributed by atoms with Crippen LogP contribution in [-0.4, -0.2) is 60.2 Å². The Bertz CT molecular complexity index is 856. The van der Waals surface area contributed by atoms with Crippen LogP contribution in [-0.2, 0) is 28.6 Å². The molecule has 0 heterocycles. The second-order valence-electron chi connectivity index (χ2n) is 10.9. The number of carbonyl (C=O) groups is 3. The molecule has 0 spiro atoms. The average molecular weight is 541 g/mol.